The molecule has 1 aromatic carbocycles. The van der Waals surface area contributed by atoms with E-state index in [0.717, 1.165) is 0 Å². The summed E-state index contributed by atoms with van der Waals surface area (Å²) >= 11 is 0. The quantitative estimate of drug-likeness (QED) is 0.0729. The Bertz CT molecular complexity index is 1260. The number of hydrogen-bond acceptors (Lipinski definition) is 10. The van der Waals surface area contributed by atoms with Crippen molar-refractivity contribution < 1.29 is 48.6 Å². The molecule has 18 nitrogen and oxygen atoms in total. The summed E-state index contributed by atoms with van der Waals surface area (Å²) in [5, 5.41) is 30.3. The third-order valence-electron chi connectivity index (χ3n) is 6.30. The molecule has 0 aromatic heterocycles. The molecule has 248 valence electrons. The minimum absolute atomic E-state index is 0.0832. The van der Waals surface area contributed by atoms with Crippen LogP contribution in [0.2, 0.25) is 0 Å². The van der Waals surface area contributed by atoms with Crippen molar-refractivity contribution in [1.29, 1.82) is 0 Å². The number of benzene rings is 1. The standard InChI is InChI=1S/C27H40N8O10/c1-12(32-24(41)17(10-19(28)37)34-26(43)21(30)14(3)36)22(39)31-13(2)23(40)33-16(9-15-7-5-4-6-8-15)25(42)35-18(27(44)45)11-20(29)38/h4-8,12-14,16-18,21,36H,9-11,30H2,1-3H3,(H2,28,37)(H2,29,38)(H,31,39)(H,32,41)(H,33,40)(H,34,43)(H,35,42)(H,44,45)/t12-,13-,14+,16-,17-,18-,21-/m0/s1. The molecule has 0 spiro atoms. The summed E-state index contributed by atoms with van der Waals surface area (Å²) in [6.07, 6.45) is -2.70. The number of nitrogens with two attached hydrogens (primary N) is 3. The first-order valence-electron chi connectivity index (χ1n) is 13.7. The molecule has 0 saturated carbocycles. The van der Waals surface area contributed by atoms with Gasteiger partial charge in [-0.1, -0.05) is 30.3 Å². The number of aliphatic hydroxyl groups is 1. The molecular weight excluding hydrogens is 596 g/mol. The molecule has 1 aromatic rings. The van der Waals surface area contributed by atoms with Crippen LogP contribution in [-0.2, 0) is 44.8 Å². The first-order valence-corrected chi connectivity index (χ1v) is 13.7. The fourth-order valence-corrected chi connectivity index (χ4v) is 3.71. The van der Waals surface area contributed by atoms with Crippen molar-refractivity contribution in [3.05, 3.63) is 35.9 Å². The van der Waals surface area contributed by atoms with Gasteiger partial charge in [0.1, 0.15) is 36.3 Å². The summed E-state index contributed by atoms with van der Waals surface area (Å²) in [7, 11) is 0. The van der Waals surface area contributed by atoms with Crippen molar-refractivity contribution in [3.63, 3.8) is 0 Å². The highest BCUT2D eigenvalue weighted by Gasteiger charge is 2.32. The maximum Gasteiger partial charge on any atom is 0.326 e. The van der Waals surface area contributed by atoms with Crippen molar-refractivity contribution in [2.24, 2.45) is 17.2 Å². The summed E-state index contributed by atoms with van der Waals surface area (Å²) in [6, 6.07) is -0.133. The van der Waals surface area contributed by atoms with Crippen molar-refractivity contribution in [3.8, 4) is 0 Å². The van der Waals surface area contributed by atoms with Gasteiger partial charge in [-0.3, -0.25) is 33.6 Å². The Kier molecular flexibility index (Phi) is 15.1. The highest BCUT2D eigenvalue weighted by atomic mass is 16.4. The Hall–Kier alpha value is -5.10. The van der Waals surface area contributed by atoms with Gasteiger partial charge in [-0.25, -0.2) is 4.79 Å². The van der Waals surface area contributed by atoms with Gasteiger partial charge in [0.15, 0.2) is 0 Å². The number of carboxylic acid groups (broad SMARTS) is 1. The maximum atomic E-state index is 13.0. The summed E-state index contributed by atoms with van der Waals surface area (Å²) in [5.74, 6) is -8.05. The van der Waals surface area contributed by atoms with Crippen molar-refractivity contribution in [2.75, 3.05) is 0 Å². The number of primary amides is 2. The molecule has 0 unspecified atom stereocenters. The number of nitrogens with one attached hydrogen (secondary N) is 5. The Labute approximate surface area is 258 Å². The number of carboxylic acids is 1. The lowest BCUT2D eigenvalue weighted by atomic mass is 10.0. The van der Waals surface area contributed by atoms with Crippen LogP contribution in [0, 0.1) is 0 Å². The molecule has 0 fully saturated rings. The van der Waals surface area contributed by atoms with E-state index in [1.165, 1.54) is 20.8 Å². The molecule has 0 bridgehead atoms. The smallest absolute Gasteiger partial charge is 0.326 e. The van der Waals surface area contributed by atoms with Gasteiger partial charge in [-0.2, -0.15) is 0 Å². The highest BCUT2D eigenvalue weighted by Crippen LogP contribution is 2.06. The summed E-state index contributed by atoms with van der Waals surface area (Å²) in [5.41, 5.74) is 16.4. The topological polar surface area (TPSA) is 315 Å². The zero-order chi connectivity index (χ0) is 34.4. The van der Waals surface area contributed by atoms with Crippen molar-refractivity contribution in [1.82, 2.24) is 26.6 Å². The number of carbonyl (C=O) groups is 8. The van der Waals surface area contributed by atoms with E-state index in [4.69, 9.17) is 17.2 Å². The van der Waals surface area contributed by atoms with Gasteiger partial charge in [-0.05, 0) is 26.3 Å². The van der Waals surface area contributed by atoms with Gasteiger partial charge in [0.2, 0.25) is 41.4 Å². The lowest BCUT2D eigenvalue weighted by molar-refractivity contribution is -0.143. The number of amides is 7. The fourth-order valence-electron chi connectivity index (χ4n) is 3.71. The van der Waals surface area contributed by atoms with Gasteiger partial charge in [0.25, 0.3) is 0 Å². The third kappa shape index (κ3) is 13.4. The molecule has 7 amide bonds. The summed E-state index contributed by atoms with van der Waals surface area (Å²) < 4.78 is 0. The van der Waals surface area contributed by atoms with Gasteiger partial charge in [0, 0.05) is 6.42 Å². The van der Waals surface area contributed by atoms with Gasteiger partial charge in [-0.15, -0.1) is 0 Å². The van der Waals surface area contributed by atoms with Crippen LogP contribution in [0.15, 0.2) is 30.3 Å². The number of carbonyl (C=O) groups excluding carboxylic acids is 7. The first kappa shape index (κ1) is 37.9. The van der Waals surface area contributed by atoms with E-state index in [2.05, 4.69) is 26.6 Å². The highest BCUT2D eigenvalue weighted by molar-refractivity contribution is 5.97. The predicted molar refractivity (Wildman–Crippen MR) is 156 cm³/mol. The van der Waals surface area contributed by atoms with Crippen LogP contribution in [0.25, 0.3) is 0 Å². The van der Waals surface area contributed by atoms with E-state index < -0.39 is 103 Å². The largest absolute Gasteiger partial charge is 0.480 e. The summed E-state index contributed by atoms with van der Waals surface area (Å²) in [4.78, 5) is 97.8. The van der Waals surface area contributed by atoms with E-state index in [9.17, 15) is 48.6 Å². The first-order chi connectivity index (χ1) is 20.9. The van der Waals surface area contributed by atoms with Gasteiger partial charge in [0.05, 0.1) is 18.9 Å². The van der Waals surface area contributed by atoms with Crippen LogP contribution in [0.3, 0.4) is 0 Å². The Morgan fingerprint density at radius 2 is 1.07 bits per heavy atom. The Balaban J connectivity index is 2.96. The lowest BCUT2D eigenvalue weighted by Gasteiger charge is -2.25. The minimum Gasteiger partial charge on any atom is -0.480 e. The monoisotopic (exact) mass is 636 g/mol. The molecule has 7 atom stereocenters. The molecule has 18 heteroatoms. The van der Waals surface area contributed by atoms with Crippen LogP contribution >= 0.6 is 0 Å². The van der Waals surface area contributed by atoms with Crippen LogP contribution in [0.1, 0.15) is 39.2 Å². The van der Waals surface area contributed by atoms with E-state index in [0.29, 0.717) is 5.56 Å². The zero-order valence-corrected chi connectivity index (χ0v) is 24.9. The number of hydrogen-bond donors (Lipinski definition) is 10. The second kappa shape index (κ2) is 17.9. The molecule has 45 heavy (non-hydrogen) atoms. The molecule has 0 aliphatic rings. The number of aliphatic hydroxyl groups excluding tert-OH is 1. The normalized spacial score (nSPS) is 15.4. The molecule has 1 rings (SSSR count). The van der Waals surface area contributed by atoms with Crippen LogP contribution in [0.4, 0.5) is 0 Å². The summed E-state index contributed by atoms with van der Waals surface area (Å²) in [6.45, 7) is 3.77. The molecule has 13 N–H and O–H groups in total. The van der Waals surface area contributed by atoms with E-state index in [1.54, 1.807) is 30.3 Å². The number of rotatable bonds is 18. The SMILES string of the molecule is C[C@H](NC(=O)[C@H](C)NC(=O)[C@H](CC(N)=O)NC(=O)[C@@H](N)[C@@H](C)O)C(=O)N[C@@H](Cc1ccccc1)C(=O)N[C@@H](CC(N)=O)C(=O)O. The minimum atomic E-state index is -1.65. The molecule has 0 saturated heterocycles. The molecule has 0 heterocycles. The number of aliphatic carboxylic acids is 1. The Morgan fingerprint density at radius 1 is 0.644 bits per heavy atom. The molecule has 0 aliphatic carbocycles. The molecule has 0 aliphatic heterocycles. The second-order valence-electron chi connectivity index (χ2n) is 10.3. The second-order valence-corrected chi connectivity index (χ2v) is 10.3. The van der Waals surface area contributed by atoms with Gasteiger partial charge >= 0.3 is 5.97 Å². The maximum absolute atomic E-state index is 13.0. The molecular formula is C27H40N8O10. The lowest BCUT2D eigenvalue weighted by Crippen LogP contribution is -2.59. The average Bonchev–Trinajstić information content (AvgIpc) is 2.95. The van der Waals surface area contributed by atoms with E-state index in [1.807, 2.05) is 0 Å². The zero-order valence-electron chi connectivity index (χ0n) is 24.9. The average molecular weight is 637 g/mol. The third-order valence-corrected chi connectivity index (χ3v) is 6.30. The van der Waals surface area contributed by atoms with Crippen LogP contribution < -0.4 is 43.8 Å². The van der Waals surface area contributed by atoms with E-state index in [-0.39, 0.29) is 6.42 Å². The van der Waals surface area contributed by atoms with Crippen LogP contribution in [0.5, 0.6) is 0 Å². The van der Waals surface area contributed by atoms with E-state index >= 15 is 0 Å². The van der Waals surface area contributed by atoms with Crippen LogP contribution in [-0.4, -0.2) is 99.9 Å². The van der Waals surface area contributed by atoms with Gasteiger partial charge < -0.3 is 54.0 Å². The Morgan fingerprint density at radius 3 is 1.56 bits per heavy atom. The van der Waals surface area contributed by atoms with Crippen molar-refractivity contribution in [2.45, 2.75) is 82.4 Å². The predicted octanol–water partition coefficient (Wildman–Crippen LogP) is -4.76. The fraction of sp³-hybridized carbons (Fsp3) is 0.481. The molecule has 0 radical (unpaired) electrons. The van der Waals surface area contributed by atoms with Crippen molar-refractivity contribution >= 4 is 47.3 Å².